The summed E-state index contributed by atoms with van der Waals surface area (Å²) in [5, 5.41) is 4.58. The highest BCUT2D eigenvalue weighted by molar-refractivity contribution is 7.91. The molecule has 0 aliphatic carbocycles. The summed E-state index contributed by atoms with van der Waals surface area (Å²) in [5.41, 5.74) is 5.01. The molecule has 1 amide bonds. The highest BCUT2D eigenvalue weighted by atomic mass is 32.2. The van der Waals surface area contributed by atoms with Gasteiger partial charge in [-0.15, -0.1) is 0 Å². The molecule has 0 bridgehead atoms. The second kappa shape index (κ2) is 8.53. The lowest BCUT2D eigenvalue weighted by Crippen LogP contribution is -2.24. The third-order valence-electron chi connectivity index (χ3n) is 5.61. The molecule has 29 heavy (non-hydrogen) atoms. The quantitative estimate of drug-likeness (QED) is 0.680. The van der Waals surface area contributed by atoms with Crippen LogP contribution in [0.15, 0.2) is 30.3 Å². The molecule has 0 spiro atoms. The first-order valence-electron chi connectivity index (χ1n) is 9.97. The molecule has 1 aromatic heterocycles. The van der Waals surface area contributed by atoms with Crippen LogP contribution < -0.4 is 0 Å². The van der Waals surface area contributed by atoms with Crippen LogP contribution in [0.2, 0.25) is 0 Å². The van der Waals surface area contributed by atoms with Crippen molar-refractivity contribution in [1.82, 2.24) is 14.7 Å². The van der Waals surface area contributed by atoms with Crippen molar-refractivity contribution in [2.45, 2.75) is 46.2 Å². The van der Waals surface area contributed by atoms with E-state index in [2.05, 4.69) is 24.2 Å². The Morgan fingerprint density at radius 1 is 1.28 bits per heavy atom. The smallest absolute Gasteiger partial charge is 0.246 e. The molecule has 7 heteroatoms. The number of carbonyl (C=O) groups is 1. The SMILES string of the molecule is CCc1ccc(/C=C/C(=O)N(C)Cc2c(C)nn([C@@H]3CCS(=O)(=O)C3)c2C)cc1. The highest BCUT2D eigenvalue weighted by Gasteiger charge is 2.31. The molecule has 6 nitrogen and oxygen atoms in total. The van der Waals surface area contributed by atoms with Gasteiger partial charge in [-0.2, -0.15) is 5.10 Å². The average Bonchev–Trinajstić information content (AvgIpc) is 3.19. The van der Waals surface area contributed by atoms with Gasteiger partial charge in [-0.1, -0.05) is 31.2 Å². The summed E-state index contributed by atoms with van der Waals surface area (Å²) in [7, 11) is -1.21. The Balaban J connectivity index is 1.69. The Morgan fingerprint density at radius 3 is 2.55 bits per heavy atom. The van der Waals surface area contributed by atoms with Crippen LogP contribution in [0.5, 0.6) is 0 Å². The first-order chi connectivity index (χ1) is 13.7. The summed E-state index contributed by atoms with van der Waals surface area (Å²) < 4.78 is 25.4. The number of carbonyl (C=O) groups excluding carboxylic acids is 1. The van der Waals surface area contributed by atoms with Crippen molar-refractivity contribution in [2.75, 3.05) is 18.6 Å². The lowest BCUT2D eigenvalue weighted by atomic mass is 10.1. The van der Waals surface area contributed by atoms with E-state index >= 15 is 0 Å². The van der Waals surface area contributed by atoms with Crippen molar-refractivity contribution in [1.29, 1.82) is 0 Å². The van der Waals surface area contributed by atoms with E-state index in [0.717, 1.165) is 28.9 Å². The van der Waals surface area contributed by atoms with Gasteiger partial charge in [0.2, 0.25) is 5.91 Å². The van der Waals surface area contributed by atoms with E-state index in [4.69, 9.17) is 0 Å². The van der Waals surface area contributed by atoms with Gasteiger partial charge in [-0.05, 0) is 43.9 Å². The lowest BCUT2D eigenvalue weighted by molar-refractivity contribution is -0.125. The molecule has 0 unspecified atom stereocenters. The van der Waals surface area contributed by atoms with Gasteiger partial charge in [0.25, 0.3) is 0 Å². The van der Waals surface area contributed by atoms with Crippen LogP contribution >= 0.6 is 0 Å². The van der Waals surface area contributed by atoms with Gasteiger partial charge < -0.3 is 4.90 Å². The average molecular weight is 416 g/mol. The van der Waals surface area contributed by atoms with Gasteiger partial charge in [0, 0.05) is 30.9 Å². The number of hydrogen-bond acceptors (Lipinski definition) is 4. The molecule has 1 aliphatic heterocycles. The molecule has 1 aliphatic rings. The molecule has 3 rings (SSSR count). The second-order valence-electron chi connectivity index (χ2n) is 7.77. The van der Waals surface area contributed by atoms with E-state index in [1.807, 2.05) is 36.7 Å². The third kappa shape index (κ3) is 4.96. The Hall–Kier alpha value is -2.41. The molecule has 2 heterocycles. The van der Waals surface area contributed by atoms with Gasteiger partial charge in [-0.3, -0.25) is 9.48 Å². The lowest BCUT2D eigenvalue weighted by Gasteiger charge is -2.16. The maximum Gasteiger partial charge on any atom is 0.246 e. The summed E-state index contributed by atoms with van der Waals surface area (Å²) >= 11 is 0. The molecule has 1 saturated heterocycles. The zero-order chi connectivity index (χ0) is 21.2. The first-order valence-corrected chi connectivity index (χ1v) is 11.8. The topological polar surface area (TPSA) is 72.3 Å². The fourth-order valence-corrected chi connectivity index (χ4v) is 5.42. The minimum atomic E-state index is -2.97. The number of benzene rings is 1. The summed E-state index contributed by atoms with van der Waals surface area (Å²) in [5.74, 6) is 0.274. The van der Waals surface area contributed by atoms with E-state index in [9.17, 15) is 13.2 Å². The predicted molar refractivity (Wildman–Crippen MR) is 115 cm³/mol. The fraction of sp³-hybridized carbons (Fsp3) is 0.455. The highest BCUT2D eigenvalue weighted by Crippen LogP contribution is 2.27. The number of nitrogens with zero attached hydrogens (tertiary/aromatic N) is 3. The molecule has 0 radical (unpaired) electrons. The number of aromatic nitrogens is 2. The molecule has 0 N–H and O–H groups in total. The standard InChI is InChI=1S/C22H29N3O3S/c1-5-18-6-8-19(9-7-18)10-11-22(26)24(4)14-21-16(2)23-25(17(21)3)20-12-13-29(27,28)15-20/h6-11,20H,5,12-15H2,1-4H3/b11-10+/t20-/m1/s1. The van der Waals surface area contributed by atoms with Crippen molar-refractivity contribution in [3.8, 4) is 0 Å². The maximum absolute atomic E-state index is 12.5. The van der Waals surface area contributed by atoms with Crippen LogP contribution in [-0.2, 0) is 27.6 Å². The zero-order valence-corrected chi connectivity index (χ0v) is 18.4. The van der Waals surface area contributed by atoms with Crippen molar-refractivity contribution < 1.29 is 13.2 Å². The Kier molecular flexibility index (Phi) is 6.27. The summed E-state index contributed by atoms with van der Waals surface area (Å²) in [6.45, 7) is 6.41. The van der Waals surface area contributed by atoms with Crippen molar-refractivity contribution in [2.24, 2.45) is 0 Å². The largest absolute Gasteiger partial charge is 0.338 e. The third-order valence-corrected chi connectivity index (χ3v) is 7.36. The van der Waals surface area contributed by atoms with Crippen LogP contribution in [0, 0.1) is 13.8 Å². The normalized spacial score (nSPS) is 18.4. The molecule has 0 saturated carbocycles. The van der Waals surface area contributed by atoms with Gasteiger partial charge in [0.05, 0.1) is 23.2 Å². The van der Waals surface area contributed by atoms with Crippen molar-refractivity contribution in [3.63, 3.8) is 0 Å². The van der Waals surface area contributed by atoms with E-state index < -0.39 is 9.84 Å². The molecule has 1 atom stereocenters. The second-order valence-corrected chi connectivity index (χ2v) is 10.0. The first kappa shape index (κ1) is 21.3. The maximum atomic E-state index is 12.5. The van der Waals surface area contributed by atoms with Crippen LogP contribution in [0.4, 0.5) is 0 Å². The monoisotopic (exact) mass is 415 g/mol. The van der Waals surface area contributed by atoms with Crippen LogP contribution in [-0.4, -0.2) is 47.6 Å². The molecular formula is C22H29N3O3S. The Bertz CT molecular complexity index is 1020. The number of rotatable bonds is 6. The summed E-state index contributed by atoms with van der Waals surface area (Å²) in [6, 6.07) is 8.04. The minimum absolute atomic E-state index is 0.0837. The van der Waals surface area contributed by atoms with E-state index in [0.29, 0.717) is 13.0 Å². The predicted octanol–water partition coefficient (Wildman–Crippen LogP) is 3.09. The molecule has 1 aromatic carbocycles. The zero-order valence-electron chi connectivity index (χ0n) is 17.6. The Labute approximate surface area is 173 Å². The van der Waals surface area contributed by atoms with E-state index in [-0.39, 0.29) is 23.5 Å². The number of amides is 1. The number of aryl methyl sites for hydroxylation is 2. The van der Waals surface area contributed by atoms with Crippen LogP contribution in [0.3, 0.4) is 0 Å². The number of sulfone groups is 1. The van der Waals surface area contributed by atoms with Gasteiger partial charge in [0.15, 0.2) is 9.84 Å². The van der Waals surface area contributed by atoms with Crippen LogP contribution in [0.25, 0.3) is 6.08 Å². The molecule has 2 aromatic rings. The van der Waals surface area contributed by atoms with Gasteiger partial charge in [0.1, 0.15) is 0 Å². The number of likely N-dealkylation sites (N-methyl/N-ethyl adjacent to an activating group) is 1. The van der Waals surface area contributed by atoms with Gasteiger partial charge >= 0.3 is 0 Å². The summed E-state index contributed by atoms with van der Waals surface area (Å²) in [4.78, 5) is 14.2. The van der Waals surface area contributed by atoms with Gasteiger partial charge in [-0.25, -0.2) is 8.42 Å². The van der Waals surface area contributed by atoms with E-state index in [1.54, 1.807) is 18.0 Å². The minimum Gasteiger partial charge on any atom is -0.338 e. The Morgan fingerprint density at radius 2 is 1.97 bits per heavy atom. The fourth-order valence-electron chi connectivity index (χ4n) is 3.72. The van der Waals surface area contributed by atoms with Crippen molar-refractivity contribution in [3.05, 3.63) is 58.4 Å². The van der Waals surface area contributed by atoms with E-state index in [1.165, 1.54) is 5.56 Å². The molecular weight excluding hydrogens is 386 g/mol. The van der Waals surface area contributed by atoms with Crippen LogP contribution in [0.1, 0.15) is 47.5 Å². The molecule has 156 valence electrons. The van der Waals surface area contributed by atoms with Crippen molar-refractivity contribution >= 4 is 21.8 Å². The summed E-state index contributed by atoms with van der Waals surface area (Å²) in [6.07, 6.45) is 4.99. The number of hydrogen-bond donors (Lipinski definition) is 0. The molecule has 1 fully saturated rings.